The minimum atomic E-state index is -0.471. The maximum atomic E-state index is 12.0. The topological polar surface area (TPSA) is 80.2 Å². The average Bonchev–Trinajstić information content (AvgIpc) is 2.45. The van der Waals surface area contributed by atoms with Crippen LogP contribution in [0.15, 0.2) is 30.7 Å². The van der Waals surface area contributed by atoms with Crippen molar-refractivity contribution in [1.82, 2.24) is 19.9 Å². The normalized spacial score (nSPS) is 14.8. The number of hydrogen-bond acceptors (Lipinski definition) is 6. The monoisotopic (exact) mass is 361 g/mol. The Morgan fingerprint density at radius 2 is 2.00 bits per heavy atom. The molecule has 8 heteroatoms. The van der Waals surface area contributed by atoms with Crippen LogP contribution < -0.4 is 5.32 Å². The SMILES string of the molecule is CC(C)(C)OC(=O)N1CC(c2ccc(Nc3cc(Cl)ncn3)nc2)C1. The van der Waals surface area contributed by atoms with E-state index in [1.807, 2.05) is 39.1 Å². The average molecular weight is 362 g/mol. The number of ether oxygens (including phenoxy) is 1. The van der Waals surface area contributed by atoms with E-state index >= 15 is 0 Å². The summed E-state index contributed by atoms with van der Waals surface area (Å²) in [6.45, 7) is 6.88. The molecule has 1 aliphatic heterocycles. The molecular weight excluding hydrogens is 342 g/mol. The molecule has 0 unspecified atom stereocenters. The third-order valence-electron chi connectivity index (χ3n) is 3.68. The first-order valence-corrected chi connectivity index (χ1v) is 8.36. The minimum Gasteiger partial charge on any atom is -0.444 e. The Bertz CT molecular complexity index is 754. The molecule has 25 heavy (non-hydrogen) atoms. The second kappa shape index (κ2) is 6.84. The fourth-order valence-corrected chi connectivity index (χ4v) is 2.57. The summed E-state index contributed by atoms with van der Waals surface area (Å²) in [5.74, 6) is 1.53. The highest BCUT2D eigenvalue weighted by Crippen LogP contribution is 2.28. The van der Waals surface area contributed by atoms with E-state index in [1.54, 1.807) is 11.0 Å². The molecule has 0 atom stereocenters. The molecule has 3 rings (SSSR count). The van der Waals surface area contributed by atoms with Gasteiger partial charge in [-0.2, -0.15) is 0 Å². The smallest absolute Gasteiger partial charge is 0.410 e. The largest absolute Gasteiger partial charge is 0.444 e. The van der Waals surface area contributed by atoms with Crippen molar-refractivity contribution >= 4 is 29.3 Å². The summed E-state index contributed by atoms with van der Waals surface area (Å²) in [7, 11) is 0. The van der Waals surface area contributed by atoms with Gasteiger partial charge in [-0.05, 0) is 32.4 Å². The van der Waals surface area contributed by atoms with Gasteiger partial charge in [-0.1, -0.05) is 17.7 Å². The van der Waals surface area contributed by atoms with Crippen LogP contribution in [-0.4, -0.2) is 44.6 Å². The molecule has 2 aromatic rings. The number of pyridine rings is 1. The van der Waals surface area contributed by atoms with E-state index in [4.69, 9.17) is 16.3 Å². The first kappa shape index (κ1) is 17.4. The van der Waals surface area contributed by atoms with Crippen LogP contribution in [0.25, 0.3) is 0 Å². The van der Waals surface area contributed by atoms with Gasteiger partial charge in [0.25, 0.3) is 0 Å². The maximum Gasteiger partial charge on any atom is 0.410 e. The van der Waals surface area contributed by atoms with Crippen molar-refractivity contribution < 1.29 is 9.53 Å². The molecule has 0 aliphatic carbocycles. The number of nitrogens with zero attached hydrogens (tertiary/aromatic N) is 4. The van der Waals surface area contributed by atoms with Crippen molar-refractivity contribution in [2.24, 2.45) is 0 Å². The van der Waals surface area contributed by atoms with Gasteiger partial charge in [0.05, 0.1) is 0 Å². The first-order chi connectivity index (χ1) is 11.8. The van der Waals surface area contributed by atoms with Crippen LogP contribution in [0.1, 0.15) is 32.3 Å². The van der Waals surface area contributed by atoms with E-state index in [-0.39, 0.29) is 12.0 Å². The zero-order valence-electron chi connectivity index (χ0n) is 14.4. The molecule has 2 aromatic heterocycles. The lowest BCUT2D eigenvalue weighted by molar-refractivity contribution is 0.00817. The molecule has 0 radical (unpaired) electrons. The highest BCUT2D eigenvalue weighted by molar-refractivity contribution is 6.29. The number of carbonyl (C=O) groups is 1. The van der Waals surface area contributed by atoms with Crippen molar-refractivity contribution in [2.75, 3.05) is 18.4 Å². The Balaban J connectivity index is 1.55. The predicted molar refractivity (Wildman–Crippen MR) is 95.1 cm³/mol. The molecule has 132 valence electrons. The van der Waals surface area contributed by atoms with Crippen LogP contribution in [0.4, 0.5) is 16.4 Å². The number of anilines is 2. The van der Waals surface area contributed by atoms with Gasteiger partial charge in [-0.25, -0.2) is 19.7 Å². The number of halogens is 1. The quantitative estimate of drug-likeness (QED) is 0.841. The summed E-state index contributed by atoms with van der Waals surface area (Å²) in [5, 5.41) is 3.43. The van der Waals surface area contributed by atoms with Crippen LogP contribution in [0, 0.1) is 0 Å². The fourth-order valence-electron chi connectivity index (χ4n) is 2.42. The molecule has 3 heterocycles. The summed E-state index contributed by atoms with van der Waals surface area (Å²) >= 11 is 5.83. The van der Waals surface area contributed by atoms with E-state index in [1.165, 1.54) is 6.33 Å². The van der Waals surface area contributed by atoms with Gasteiger partial charge in [0.1, 0.15) is 28.7 Å². The Morgan fingerprint density at radius 3 is 2.60 bits per heavy atom. The molecule has 1 aliphatic rings. The Kier molecular flexibility index (Phi) is 4.76. The number of carbonyl (C=O) groups excluding carboxylic acids is 1. The van der Waals surface area contributed by atoms with Crippen molar-refractivity contribution in [1.29, 1.82) is 0 Å². The molecule has 1 saturated heterocycles. The van der Waals surface area contributed by atoms with E-state index < -0.39 is 5.60 Å². The zero-order valence-corrected chi connectivity index (χ0v) is 15.1. The third-order valence-corrected chi connectivity index (χ3v) is 3.89. The minimum absolute atomic E-state index is 0.268. The van der Waals surface area contributed by atoms with E-state index in [0.717, 1.165) is 5.56 Å². The van der Waals surface area contributed by atoms with Crippen LogP contribution >= 0.6 is 11.6 Å². The van der Waals surface area contributed by atoms with Crippen LogP contribution in [0.3, 0.4) is 0 Å². The van der Waals surface area contributed by atoms with Crippen molar-refractivity contribution in [3.05, 3.63) is 41.4 Å². The molecule has 0 bridgehead atoms. The molecule has 0 spiro atoms. The number of amides is 1. The summed E-state index contributed by atoms with van der Waals surface area (Å²) in [5.41, 5.74) is 0.618. The molecule has 7 nitrogen and oxygen atoms in total. The lowest BCUT2D eigenvalue weighted by atomic mass is 9.93. The van der Waals surface area contributed by atoms with E-state index in [2.05, 4.69) is 20.3 Å². The van der Waals surface area contributed by atoms with Crippen LogP contribution in [-0.2, 0) is 4.74 Å². The van der Waals surface area contributed by atoms with Gasteiger partial charge in [0.2, 0.25) is 0 Å². The van der Waals surface area contributed by atoms with Gasteiger partial charge in [0.15, 0.2) is 0 Å². The zero-order chi connectivity index (χ0) is 18.0. The number of nitrogens with one attached hydrogen (secondary N) is 1. The third kappa shape index (κ3) is 4.57. The van der Waals surface area contributed by atoms with Crippen molar-refractivity contribution in [3.63, 3.8) is 0 Å². The molecule has 1 N–H and O–H groups in total. The summed E-state index contributed by atoms with van der Waals surface area (Å²) in [4.78, 5) is 25.9. The highest BCUT2D eigenvalue weighted by atomic mass is 35.5. The molecule has 0 aromatic carbocycles. The van der Waals surface area contributed by atoms with E-state index in [0.29, 0.717) is 29.9 Å². The summed E-state index contributed by atoms with van der Waals surface area (Å²) in [6.07, 6.45) is 2.93. The fraction of sp³-hybridized carbons (Fsp3) is 0.412. The lowest BCUT2D eigenvalue weighted by Gasteiger charge is -2.39. The lowest BCUT2D eigenvalue weighted by Crippen LogP contribution is -2.50. The van der Waals surface area contributed by atoms with Crippen LogP contribution in [0.5, 0.6) is 0 Å². The Hall–Kier alpha value is -2.41. The number of aromatic nitrogens is 3. The van der Waals surface area contributed by atoms with Gasteiger partial charge in [-0.3, -0.25) is 0 Å². The highest BCUT2D eigenvalue weighted by Gasteiger charge is 2.34. The number of hydrogen-bond donors (Lipinski definition) is 1. The molecule has 0 saturated carbocycles. The first-order valence-electron chi connectivity index (χ1n) is 7.98. The van der Waals surface area contributed by atoms with Crippen LogP contribution in [0.2, 0.25) is 5.15 Å². The summed E-state index contributed by atoms with van der Waals surface area (Å²) < 4.78 is 5.36. The molecular formula is C17H20ClN5O2. The van der Waals surface area contributed by atoms with Gasteiger partial charge in [-0.15, -0.1) is 0 Å². The standard InChI is InChI=1S/C17H20ClN5O2/c1-17(2,3)25-16(24)23-8-12(9-23)11-4-5-14(19-7-11)22-15-6-13(18)20-10-21-15/h4-7,10,12H,8-9H2,1-3H3,(H,19,20,21,22). The predicted octanol–water partition coefficient (Wildman–Crippen LogP) is 3.60. The second-order valence-corrected chi connectivity index (χ2v) is 7.30. The Morgan fingerprint density at radius 1 is 1.24 bits per heavy atom. The van der Waals surface area contributed by atoms with Crippen molar-refractivity contribution in [2.45, 2.75) is 32.3 Å². The van der Waals surface area contributed by atoms with Gasteiger partial charge < -0.3 is 15.0 Å². The molecule has 1 amide bonds. The van der Waals surface area contributed by atoms with Crippen molar-refractivity contribution in [3.8, 4) is 0 Å². The Labute approximate surface area is 151 Å². The van der Waals surface area contributed by atoms with Gasteiger partial charge in [0, 0.05) is 31.3 Å². The number of likely N-dealkylation sites (tertiary alicyclic amines) is 1. The molecule has 1 fully saturated rings. The summed E-state index contributed by atoms with van der Waals surface area (Å²) in [6, 6.07) is 5.50. The maximum absolute atomic E-state index is 12.0. The second-order valence-electron chi connectivity index (χ2n) is 6.91. The number of rotatable bonds is 3. The van der Waals surface area contributed by atoms with Gasteiger partial charge >= 0.3 is 6.09 Å². The van der Waals surface area contributed by atoms with E-state index in [9.17, 15) is 4.79 Å².